The van der Waals surface area contributed by atoms with E-state index in [9.17, 15) is 19.2 Å². The first kappa shape index (κ1) is 29.9. The maximum absolute atomic E-state index is 13.0. The molecule has 1 aliphatic carbocycles. The zero-order chi connectivity index (χ0) is 25.8. The van der Waals surface area contributed by atoms with Crippen LogP contribution in [-0.4, -0.2) is 23.1 Å². The van der Waals surface area contributed by atoms with Crippen molar-refractivity contribution in [3.8, 4) is 0 Å². The van der Waals surface area contributed by atoms with Gasteiger partial charge in [-0.15, -0.1) is 0 Å². The van der Waals surface area contributed by atoms with Crippen molar-refractivity contribution in [2.24, 2.45) is 17.8 Å². The summed E-state index contributed by atoms with van der Waals surface area (Å²) in [6.45, 7) is 13.4. The maximum atomic E-state index is 13.0. The quantitative estimate of drug-likeness (QED) is 0.307. The molecule has 0 radical (unpaired) electrons. The highest BCUT2D eigenvalue weighted by atomic mass is 16.1. The molecule has 0 bridgehead atoms. The fourth-order valence-corrected chi connectivity index (χ4v) is 5.31. The van der Waals surface area contributed by atoms with Gasteiger partial charge in [-0.25, -0.2) is 0 Å². The van der Waals surface area contributed by atoms with E-state index >= 15 is 0 Å². The Morgan fingerprint density at radius 2 is 1.62 bits per heavy atom. The minimum absolute atomic E-state index is 0.0466. The van der Waals surface area contributed by atoms with Crippen LogP contribution in [0.1, 0.15) is 120 Å². The van der Waals surface area contributed by atoms with Crippen molar-refractivity contribution in [1.29, 1.82) is 0 Å². The predicted octanol–water partition coefficient (Wildman–Crippen LogP) is 7.06. The largest absolute Gasteiger partial charge is 0.300 e. The molecule has 1 aromatic carbocycles. The second kappa shape index (κ2) is 15.0. The maximum Gasteiger partial charge on any atom is 0.163 e. The fourth-order valence-electron chi connectivity index (χ4n) is 5.31. The lowest BCUT2D eigenvalue weighted by atomic mass is 9.71. The number of fused-ring (bicyclic) bond motifs is 1. The molecule has 0 spiro atoms. The van der Waals surface area contributed by atoms with Crippen LogP contribution in [0.4, 0.5) is 0 Å². The van der Waals surface area contributed by atoms with Crippen LogP contribution in [0.15, 0.2) is 12.1 Å². The first-order valence-corrected chi connectivity index (χ1v) is 13.2. The number of carbonyl (C=O) groups excluding carboxylic acids is 4. The van der Waals surface area contributed by atoms with Gasteiger partial charge in [0.2, 0.25) is 0 Å². The first-order chi connectivity index (χ1) is 16.1. The van der Waals surface area contributed by atoms with Gasteiger partial charge in [0.05, 0.1) is 6.42 Å². The second-order valence-electron chi connectivity index (χ2n) is 10.0. The summed E-state index contributed by atoms with van der Waals surface area (Å²) in [6.07, 6.45) is 8.00. The van der Waals surface area contributed by atoms with Crippen LogP contribution in [0.5, 0.6) is 0 Å². The van der Waals surface area contributed by atoms with Gasteiger partial charge in [0, 0.05) is 24.3 Å². The number of aryl methyl sites for hydroxylation is 2. The topological polar surface area (TPSA) is 68.3 Å². The van der Waals surface area contributed by atoms with Crippen LogP contribution in [0.3, 0.4) is 0 Å². The summed E-state index contributed by atoms with van der Waals surface area (Å²) < 4.78 is 0. The molecule has 190 valence electrons. The van der Waals surface area contributed by atoms with Crippen molar-refractivity contribution in [3.63, 3.8) is 0 Å². The number of Topliss-reactive ketones (excluding diaryl/α,β-unsaturated/α-hetero) is 4. The van der Waals surface area contributed by atoms with Crippen molar-refractivity contribution in [1.82, 2.24) is 0 Å². The third-order valence-corrected chi connectivity index (χ3v) is 7.02. The molecule has 4 heteroatoms. The lowest BCUT2D eigenvalue weighted by Gasteiger charge is -2.32. The molecule has 1 aromatic rings. The molecule has 0 saturated heterocycles. The van der Waals surface area contributed by atoms with Crippen LogP contribution in [-0.2, 0) is 27.2 Å². The Morgan fingerprint density at radius 3 is 2.12 bits per heavy atom. The van der Waals surface area contributed by atoms with Gasteiger partial charge in [-0.2, -0.15) is 0 Å². The molecule has 2 rings (SSSR count). The van der Waals surface area contributed by atoms with E-state index < -0.39 is 0 Å². The van der Waals surface area contributed by atoms with Crippen molar-refractivity contribution in [2.45, 2.75) is 113 Å². The monoisotopic (exact) mass is 470 g/mol. The predicted molar refractivity (Wildman–Crippen MR) is 139 cm³/mol. The minimum Gasteiger partial charge on any atom is -0.300 e. The third kappa shape index (κ3) is 8.92. The Balaban J connectivity index is 0.00000104. The van der Waals surface area contributed by atoms with E-state index in [0.29, 0.717) is 18.8 Å². The standard InChI is InChI=1S/C26H38O3.C4H8O/c1-6-9-20-12-11-17(4)26-23(20)15-19(16-25(26)29)14-21(10-7-2)22(8-3)24(28)13-18(5)27;1-3-4(2)5/h11-12,19,21-22H,6-10,13-16H2,1-5H3;3H2,1-2H3. The summed E-state index contributed by atoms with van der Waals surface area (Å²) in [5.74, 6) is 1.05. The van der Waals surface area contributed by atoms with Crippen LogP contribution in [0.2, 0.25) is 0 Å². The first-order valence-electron chi connectivity index (χ1n) is 13.2. The molecule has 0 amide bonds. The van der Waals surface area contributed by atoms with Gasteiger partial charge >= 0.3 is 0 Å². The summed E-state index contributed by atoms with van der Waals surface area (Å²) >= 11 is 0. The molecule has 0 aromatic heterocycles. The second-order valence-corrected chi connectivity index (χ2v) is 10.0. The van der Waals surface area contributed by atoms with E-state index in [-0.39, 0.29) is 41.4 Å². The lowest BCUT2D eigenvalue weighted by molar-refractivity contribution is -0.130. The van der Waals surface area contributed by atoms with Gasteiger partial charge in [0.25, 0.3) is 0 Å². The fraction of sp³-hybridized carbons (Fsp3) is 0.667. The van der Waals surface area contributed by atoms with Gasteiger partial charge in [-0.3, -0.25) is 14.4 Å². The molecule has 0 heterocycles. The van der Waals surface area contributed by atoms with E-state index in [4.69, 9.17) is 0 Å². The Hall–Kier alpha value is -2.10. The third-order valence-electron chi connectivity index (χ3n) is 7.02. The van der Waals surface area contributed by atoms with Crippen LogP contribution in [0.25, 0.3) is 0 Å². The van der Waals surface area contributed by atoms with E-state index in [1.807, 2.05) is 13.8 Å². The van der Waals surface area contributed by atoms with Gasteiger partial charge in [-0.05, 0) is 75.0 Å². The highest BCUT2D eigenvalue weighted by Crippen LogP contribution is 2.37. The van der Waals surface area contributed by atoms with Crippen LogP contribution >= 0.6 is 0 Å². The number of ketones is 4. The molecule has 3 atom stereocenters. The molecular weight excluding hydrogens is 424 g/mol. The van der Waals surface area contributed by atoms with Crippen LogP contribution in [0, 0.1) is 24.7 Å². The van der Waals surface area contributed by atoms with Gasteiger partial charge in [-0.1, -0.05) is 59.1 Å². The van der Waals surface area contributed by atoms with Crippen molar-refractivity contribution >= 4 is 23.1 Å². The highest BCUT2D eigenvalue weighted by Gasteiger charge is 2.33. The van der Waals surface area contributed by atoms with E-state index in [1.165, 1.54) is 18.1 Å². The summed E-state index contributed by atoms with van der Waals surface area (Å²) in [5, 5.41) is 0. The SMILES string of the molecule is CCC(C)=O.CCCc1ccc(C)c2c1CC(CC(CCC)C(CC)C(=O)CC(C)=O)CC2=O. The number of hydrogen-bond acceptors (Lipinski definition) is 4. The average Bonchev–Trinajstić information content (AvgIpc) is 2.76. The summed E-state index contributed by atoms with van der Waals surface area (Å²) in [7, 11) is 0. The average molecular weight is 471 g/mol. The molecule has 0 aliphatic heterocycles. The number of benzene rings is 1. The number of hydrogen-bond donors (Lipinski definition) is 0. The summed E-state index contributed by atoms with van der Waals surface area (Å²) in [6, 6.07) is 4.29. The zero-order valence-electron chi connectivity index (χ0n) is 22.6. The minimum atomic E-state index is -0.0667. The van der Waals surface area contributed by atoms with Crippen molar-refractivity contribution < 1.29 is 19.2 Å². The van der Waals surface area contributed by atoms with Gasteiger partial charge in [0.15, 0.2) is 5.78 Å². The van der Waals surface area contributed by atoms with E-state index in [2.05, 4.69) is 32.9 Å². The number of carbonyl (C=O) groups is 4. The number of rotatable bonds is 12. The van der Waals surface area contributed by atoms with Crippen LogP contribution < -0.4 is 0 Å². The molecule has 34 heavy (non-hydrogen) atoms. The normalized spacial score (nSPS) is 16.7. The summed E-state index contributed by atoms with van der Waals surface area (Å²) in [4.78, 5) is 47.0. The van der Waals surface area contributed by atoms with E-state index in [1.54, 1.807) is 6.92 Å². The molecule has 4 nitrogen and oxygen atoms in total. The van der Waals surface area contributed by atoms with Gasteiger partial charge < -0.3 is 4.79 Å². The van der Waals surface area contributed by atoms with Crippen molar-refractivity contribution in [2.75, 3.05) is 0 Å². The molecule has 0 N–H and O–H groups in total. The molecule has 0 fully saturated rings. The Morgan fingerprint density at radius 1 is 0.971 bits per heavy atom. The Labute approximate surface area is 207 Å². The Bertz CT molecular complexity index is 852. The lowest BCUT2D eigenvalue weighted by Crippen LogP contribution is -2.30. The molecule has 0 saturated carbocycles. The zero-order valence-corrected chi connectivity index (χ0v) is 22.6. The Kier molecular flexibility index (Phi) is 13.2. The smallest absolute Gasteiger partial charge is 0.163 e. The molecule has 3 unspecified atom stereocenters. The highest BCUT2D eigenvalue weighted by molar-refractivity contribution is 6.00. The van der Waals surface area contributed by atoms with Gasteiger partial charge in [0.1, 0.15) is 17.3 Å². The van der Waals surface area contributed by atoms with Crippen molar-refractivity contribution in [3.05, 3.63) is 34.4 Å². The molecular formula is C30H46O4. The molecule has 1 aliphatic rings. The van der Waals surface area contributed by atoms with E-state index in [0.717, 1.165) is 56.1 Å². The summed E-state index contributed by atoms with van der Waals surface area (Å²) in [5.41, 5.74) is 4.62.